The van der Waals surface area contributed by atoms with Crippen molar-refractivity contribution < 1.29 is 18.3 Å². The van der Waals surface area contributed by atoms with Crippen LogP contribution in [-0.4, -0.2) is 25.5 Å². The van der Waals surface area contributed by atoms with E-state index in [1.54, 1.807) is 0 Å². The standard InChI is InChI=1S/C12H13NO4S/c14-12(15)9-5-7-11(8-6-9)18(16,17)13-10-3-1-2-4-10/h1-2,5-8,10,13H,3-4H2,(H,14,15). The van der Waals surface area contributed by atoms with E-state index in [1.807, 2.05) is 12.2 Å². The highest BCUT2D eigenvalue weighted by Crippen LogP contribution is 2.15. The summed E-state index contributed by atoms with van der Waals surface area (Å²) in [6.45, 7) is 0. The molecule has 2 N–H and O–H groups in total. The highest BCUT2D eigenvalue weighted by Gasteiger charge is 2.20. The predicted molar refractivity (Wildman–Crippen MR) is 65.9 cm³/mol. The molecule has 0 heterocycles. The third-order valence-electron chi connectivity index (χ3n) is 2.74. The number of nitrogens with one attached hydrogen (secondary N) is 1. The maximum atomic E-state index is 12.0. The Kier molecular flexibility index (Phi) is 3.49. The lowest BCUT2D eigenvalue weighted by atomic mass is 10.2. The molecule has 5 nitrogen and oxygen atoms in total. The molecule has 0 radical (unpaired) electrons. The molecule has 0 spiro atoms. The van der Waals surface area contributed by atoms with E-state index in [4.69, 9.17) is 5.11 Å². The smallest absolute Gasteiger partial charge is 0.335 e. The van der Waals surface area contributed by atoms with Gasteiger partial charge in [-0.15, -0.1) is 0 Å². The second-order valence-corrected chi connectivity index (χ2v) is 5.80. The summed E-state index contributed by atoms with van der Waals surface area (Å²) in [6.07, 6.45) is 5.24. The van der Waals surface area contributed by atoms with Crippen LogP contribution in [0.4, 0.5) is 0 Å². The topological polar surface area (TPSA) is 83.5 Å². The molecule has 96 valence electrons. The summed E-state index contributed by atoms with van der Waals surface area (Å²) < 4.78 is 26.5. The summed E-state index contributed by atoms with van der Waals surface area (Å²) in [5, 5.41) is 8.73. The van der Waals surface area contributed by atoms with Crippen molar-refractivity contribution in [3.63, 3.8) is 0 Å². The van der Waals surface area contributed by atoms with Crippen LogP contribution in [0.2, 0.25) is 0 Å². The number of benzene rings is 1. The van der Waals surface area contributed by atoms with Crippen LogP contribution >= 0.6 is 0 Å². The minimum atomic E-state index is -3.57. The molecule has 0 saturated heterocycles. The Morgan fingerprint density at radius 2 is 1.72 bits per heavy atom. The molecule has 6 heteroatoms. The van der Waals surface area contributed by atoms with Crippen LogP contribution < -0.4 is 4.72 Å². The molecule has 0 fully saturated rings. The van der Waals surface area contributed by atoms with Gasteiger partial charge in [-0.3, -0.25) is 0 Å². The van der Waals surface area contributed by atoms with E-state index in [2.05, 4.69) is 4.72 Å². The molecule has 1 aliphatic carbocycles. The molecule has 0 saturated carbocycles. The highest BCUT2D eigenvalue weighted by molar-refractivity contribution is 7.89. The van der Waals surface area contributed by atoms with Crippen molar-refractivity contribution in [1.82, 2.24) is 4.72 Å². The number of carboxylic acid groups (broad SMARTS) is 1. The Balaban J connectivity index is 2.16. The minimum absolute atomic E-state index is 0.0662. The lowest BCUT2D eigenvalue weighted by Gasteiger charge is -2.12. The van der Waals surface area contributed by atoms with Gasteiger partial charge in [-0.25, -0.2) is 17.9 Å². The van der Waals surface area contributed by atoms with Crippen LogP contribution in [0.3, 0.4) is 0 Å². The van der Waals surface area contributed by atoms with Gasteiger partial charge >= 0.3 is 5.97 Å². The highest BCUT2D eigenvalue weighted by atomic mass is 32.2. The maximum absolute atomic E-state index is 12.0. The average Bonchev–Trinajstić information content (AvgIpc) is 2.81. The second-order valence-electron chi connectivity index (χ2n) is 4.09. The molecular weight excluding hydrogens is 254 g/mol. The van der Waals surface area contributed by atoms with E-state index in [0.717, 1.165) is 0 Å². The van der Waals surface area contributed by atoms with Gasteiger partial charge in [0.2, 0.25) is 10.0 Å². The van der Waals surface area contributed by atoms with E-state index in [-0.39, 0.29) is 16.5 Å². The van der Waals surface area contributed by atoms with Gasteiger partial charge in [0.25, 0.3) is 0 Å². The molecule has 18 heavy (non-hydrogen) atoms. The van der Waals surface area contributed by atoms with Gasteiger partial charge < -0.3 is 5.11 Å². The Bertz CT molecular complexity index is 567. The molecule has 1 aliphatic rings. The molecule has 0 bridgehead atoms. The van der Waals surface area contributed by atoms with Crippen LogP contribution in [0, 0.1) is 0 Å². The molecule has 1 aromatic carbocycles. The fourth-order valence-electron chi connectivity index (χ4n) is 1.78. The molecule has 0 atom stereocenters. The lowest BCUT2D eigenvalue weighted by Crippen LogP contribution is -2.32. The zero-order chi connectivity index (χ0) is 13.2. The van der Waals surface area contributed by atoms with Crippen molar-refractivity contribution in [2.24, 2.45) is 0 Å². The number of hydrogen-bond acceptors (Lipinski definition) is 3. The molecule has 0 unspecified atom stereocenters. The Morgan fingerprint density at radius 1 is 1.17 bits per heavy atom. The number of hydrogen-bond donors (Lipinski definition) is 2. The summed E-state index contributed by atoms with van der Waals surface area (Å²) in [5.74, 6) is -1.08. The van der Waals surface area contributed by atoms with Gasteiger partial charge in [0.05, 0.1) is 10.5 Å². The van der Waals surface area contributed by atoms with E-state index in [1.165, 1.54) is 24.3 Å². The largest absolute Gasteiger partial charge is 0.478 e. The van der Waals surface area contributed by atoms with Crippen molar-refractivity contribution in [1.29, 1.82) is 0 Å². The first-order valence-corrected chi connectivity index (χ1v) is 6.98. The quantitative estimate of drug-likeness (QED) is 0.807. The van der Waals surface area contributed by atoms with Gasteiger partial charge in [-0.2, -0.15) is 0 Å². The summed E-state index contributed by atoms with van der Waals surface area (Å²) in [5.41, 5.74) is 0.0662. The van der Waals surface area contributed by atoms with E-state index in [9.17, 15) is 13.2 Å². The lowest BCUT2D eigenvalue weighted by molar-refractivity contribution is 0.0696. The SMILES string of the molecule is O=C(O)c1ccc(S(=O)(=O)NC2CC=CC2)cc1. The summed E-state index contributed by atoms with van der Waals surface area (Å²) in [6, 6.07) is 5.06. The van der Waals surface area contributed by atoms with E-state index in [0.29, 0.717) is 12.8 Å². The Labute approximate surface area is 105 Å². The molecule has 2 rings (SSSR count). The maximum Gasteiger partial charge on any atom is 0.335 e. The fraction of sp³-hybridized carbons (Fsp3) is 0.250. The first kappa shape index (κ1) is 12.8. The monoisotopic (exact) mass is 267 g/mol. The molecular formula is C12H13NO4S. The zero-order valence-electron chi connectivity index (χ0n) is 9.54. The van der Waals surface area contributed by atoms with Crippen molar-refractivity contribution in [2.45, 2.75) is 23.8 Å². The first-order chi connectivity index (χ1) is 8.49. The third-order valence-corrected chi connectivity index (χ3v) is 4.28. The van der Waals surface area contributed by atoms with Gasteiger partial charge in [-0.1, -0.05) is 12.2 Å². The van der Waals surface area contributed by atoms with Crippen LogP contribution in [0.5, 0.6) is 0 Å². The number of rotatable bonds is 4. The van der Waals surface area contributed by atoms with Crippen molar-refractivity contribution in [3.8, 4) is 0 Å². The average molecular weight is 267 g/mol. The van der Waals surface area contributed by atoms with Crippen LogP contribution in [0.15, 0.2) is 41.3 Å². The third kappa shape index (κ3) is 2.77. The van der Waals surface area contributed by atoms with Crippen LogP contribution in [-0.2, 0) is 10.0 Å². The van der Waals surface area contributed by atoms with Crippen molar-refractivity contribution in [2.75, 3.05) is 0 Å². The second kappa shape index (κ2) is 4.91. The minimum Gasteiger partial charge on any atom is -0.478 e. The normalized spacial score (nSPS) is 16.0. The van der Waals surface area contributed by atoms with Crippen molar-refractivity contribution in [3.05, 3.63) is 42.0 Å². The zero-order valence-corrected chi connectivity index (χ0v) is 10.4. The van der Waals surface area contributed by atoms with Crippen molar-refractivity contribution >= 4 is 16.0 Å². The van der Waals surface area contributed by atoms with E-state index < -0.39 is 16.0 Å². The van der Waals surface area contributed by atoms with Gasteiger partial charge in [0, 0.05) is 6.04 Å². The summed E-state index contributed by atoms with van der Waals surface area (Å²) >= 11 is 0. The van der Waals surface area contributed by atoms with Gasteiger partial charge in [0.15, 0.2) is 0 Å². The number of aromatic carboxylic acids is 1. The fourth-order valence-corrected chi connectivity index (χ4v) is 3.04. The van der Waals surface area contributed by atoms with E-state index >= 15 is 0 Å². The molecule has 0 aliphatic heterocycles. The Hall–Kier alpha value is -1.66. The summed E-state index contributed by atoms with van der Waals surface area (Å²) in [4.78, 5) is 10.8. The Morgan fingerprint density at radius 3 is 2.22 bits per heavy atom. The van der Waals surface area contributed by atoms with Gasteiger partial charge in [-0.05, 0) is 37.1 Å². The van der Waals surface area contributed by atoms with Crippen LogP contribution in [0.25, 0.3) is 0 Å². The first-order valence-electron chi connectivity index (χ1n) is 5.50. The predicted octanol–water partition coefficient (Wildman–Crippen LogP) is 1.38. The molecule has 1 aromatic rings. The summed E-state index contributed by atoms with van der Waals surface area (Å²) in [7, 11) is -3.57. The number of carbonyl (C=O) groups is 1. The number of sulfonamides is 1. The van der Waals surface area contributed by atoms with Crippen LogP contribution in [0.1, 0.15) is 23.2 Å². The van der Waals surface area contributed by atoms with Gasteiger partial charge in [0.1, 0.15) is 0 Å². The number of carboxylic acids is 1. The molecule has 0 amide bonds. The molecule has 0 aromatic heterocycles.